The second kappa shape index (κ2) is 12.9. The minimum Gasteiger partial charge on any atom is -0.354 e. The van der Waals surface area contributed by atoms with Crippen LogP contribution in [0.5, 0.6) is 0 Å². The van der Waals surface area contributed by atoms with Crippen LogP contribution < -0.4 is 9.62 Å². The third-order valence-electron chi connectivity index (χ3n) is 5.43. The van der Waals surface area contributed by atoms with E-state index in [2.05, 4.69) is 21.2 Å². The number of benzene rings is 2. The Labute approximate surface area is 225 Å². The summed E-state index contributed by atoms with van der Waals surface area (Å²) in [5, 5.41) is 3.53. The molecule has 0 saturated heterocycles. The highest BCUT2D eigenvalue weighted by Crippen LogP contribution is 2.28. The monoisotopic (exact) mass is 605 g/mol. The number of amides is 2. The van der Waals surface area contributed by atoms with E-state index in [4.69, 9.17) is 23.2 Å². The molecule has 192 valence electrons. The smallest absolute Gasteiger partial charge is 0.244 e. The zero-order valence-electron chi connectivity index (χ0n) is 20.1. The predicted octanol–water partition coefficient (Wildman–Crippen LogP) is 5.16. The Morgan fingerprint density at radius 3 is 2.26 bits per heavy atom. The molecule has 7 nitrogen and oxygen atoms in total. The number of carbonyl (C=O) groups is 2. The normalized spacial score (nSPS) is 12.2. The lowest BCUT2D eigenvalue weighted by atomic mass is 10.1. The van der Waals surface area contributed by atoms with Crippen molar-refractivity contribution in [3.8, 4) is 0 Å². The fraction of sp³-hybridized carbons (Fsp3) is 0.417. The van der Waals surface area contributed by atoms with Gasteiger partial charge in [0.15, 0.2) is 0 Å². The van der Waals surface area contributed by atoms with Gasteiger partial charge < -0.3 is 10.2 Å². The molecule has 1 atom stereocenters. The van der Waals surface area contributed by atoms with Crippen LogP contribution in [0.3, 0.4) is 0 Å². The van der Waals surface area contributed by atoms with E-state index in [1.165, 1.54) is 4.90 Å². The third-order valence-corrected chi connectivity index (χ3v) is 8.17. The van der Waals surface area contributed by atoms with Crippen LogP contribution in [-0.4, -0.2) is 50.5 Å². The zero-order valence-corrected chi connectivity index (χ0v) is 24.1. The lowest BCUT2D eigenvalue weighted by Gasteiger charge is -2.33. The van der Waals surface area contributed by atoms with Gasteiger partial charge in [0.25, 0.3) is 0 Å². The Kier molecular flexibility index (Phi) is 10.9. The Morgan fingerprint density at radius 1 is 1.11 bits per heavy atom. The number of nitrogens with one attached hydrogen (secondary N) is 1. The van der Waals surface area contributed by atoms with Gasteiger partial charge in [0.1, 0.15) is 12.6 Å². The van der Waals surface area contributed by atoms with Gasteiger partial charge in [-0.25, -0.2) is 8.42 Å². The molecule has 0 fully saturated rings. The van der Waals surface area contributed by atoms with Gasteiger partial charge in [-0.2, -0.15) is 0 Å². The quantitative estimate of drug-likeness (QED) is 0.383. The fourth-order valence-electron chi connectivity index (χ4n) is 3.54. The number of halogens is 3. The van der Waals surface area contributed by atoms with Crippen LogP contribution in [0.1, 0.15) is 37.8 Å². The topological polar surface area (TPSA) is 86.8 Å². The summed E-state index contributed by atoms with van der Waals surface area (Å²) >= 11 is 16.1. The molecule has 0 aliphatic heterocycles. The number of nitrogens with zero attached hydrogens (tertiary/aromatic N) is 2. The molecule has 0 bridgehead atoms. The Balaban J connectivity index is 2.50. The molecular formula is C24H30BrCl2N3O4S. The van der Waals surface area contributed by atoms with Crippen LogP contribution in [0, 0.1) is 6.92 Å². The molecule has 2 amide bonds. The summed E-state index contributed by atoms with van der Waals surface area (Å²) in [6.45, 7) is 5.46. The molecule has 0 saturated carbocycles. The Bertz CT molecular complexity index is 1160. The van der Waals surface area contributed by atoms with Crippen molar-refractivity contribution in [1.29, 1.82) is 0 Å². The van der Waals surface area contributed by atoms with Crippen LogP contribution in [0.4, 0.5) is 5.69 Å². The lowest BCUT2D eigenvalue weighted by molar-refractivity contribution is -0.140. The van der Waals surface area contributed by atoms with Crippen molar-refractivity contribution < 1.29 is 18.0 Å². The van der Waals surface area contributed by atoms with Gasteiger partial charge in [-0.3, -0.25) is 13.9 Å². The van der Waals surface area contributed by atoms with Gasteiger partial charge in [0.05, 0.1) is 11.9 Å². The number of hydrogen-bond donors (Lipinski definition) is 1. The van der Waals surface area contributed by atoms with Crippen molar-refractivity contribution >= 4 is 66.7 Å². The summed E-state index contributed by atoms with van der Waals surface area (Å²) < 4.78 is 27.2. The minimum atomic E-state index is -3.81. The number of sulfonamides is 1. The van der Waals surface area contributed by atoms with Gasteiger partial charge in [-0.05, 0) is 55.7 Å². The molecular weight excluding hydrogens is 577 g/mol. The molecule has 0 spiro atoms. The molecule has 2 rings (SSSR count). The second-order valence-corrected chi connectivity index (χ2v) is 11.7. The van der Waals surface area contributed by atoms with Crippen molar-refractivity contribution in [3.63, 3.8) is 0 Å². The van der Waals surface area contributed by atoms with Crippen LogP contribution in [0.25, 0.3) is 0 Å². The van der Waals surface area contributed by atoms with Gasteiger partial charge in [-0.15, -0.1) is 0 Å². The average molecular weight is 607 g/mol. The van der Waals surface area contributed by atoms with Crippen molar-refractivity contribution in [1.82, 2.24) is 10.2 Å². The molecule has 35 heavy (non-hydrogen) atoms. The van der Waals surface area contributed by atoms with Gasteiger partial charge in [0, 0.05) is 33.2 Å². The molecule has 0 radical (unpaired) electrons. The number of hydrogen-bond acceptors (Lipinski definition) is 4. The molecule has 1 N–H and O–H groups in total. The van der Waals surface area contributed by atoms with Gasteiger partial charge in [-0.1, -0.05) is 59.0 Å². The molecule has 0 aliphatic rings. The minimum absolute atomic E-state index is 0.0492. The van der Waals surface area contributed by atoms with E-state index >= 15 is 0 Å². The van der Waals surface area contributed by atoms with Crippen LogP contribution in [0.15, 0.2) is 40.9 Å². The number of anilines is 1. The van der Waals surface area contributed by atoms with E-state index in [0.29, 0.717) is 34.3 Å². The third kappa shape index (κ3) is 7.84. The predicted molar refractivity (Wildman–Crippen MR) is 145 cm³/mol. The maximum Gasteiger partial charge on any atom is 0.244 e. The number of aryl methyl sites for hydroxylation is 1. The van der Waals surface area contributed by atoms with E-state index in [9.17, 15) is 18.0 Å². The summed E-state index contributed by atoms with van der Waals surface area (Å²) in [6.07, 6.45) is 2.09. The first-order chi connectivity index (χ1) is 16.4. The molecule has 0 unspecified atom stereocenters. The van der Waals surface area contributed by atoms with Crippen molar-refractivity contribution in [2.24, 2.45) is 0 Å². The summed E-state index contributed by atoms with van der Waals surface area (Å²) in [5.41, 5.74) is 1.64. The highest BCUT2D eigenvalue weighted by Gasteiger charge is 2.32. The molecule has 0 aromatic heterocycles. The first-order valence-electron chi connectivity index (χ1n) is 11.1. The molecule has 2 aromatic rings. The van der Waals surface area contributed by atoms with E-state index in [1.54, 1.807) is 43.3 Å². The Morgan fingerprint density at radius 2 is 1.74 bits per heavy atom. The molecule has 0 heterocycles. The lowest BCUT2D eigenvalue weighted by Crippen LogP contribution is -2.52. The van der Waals surface area contributed by atoms with E-state index < -0.39 is 28.5 Å². The highest BCUT2D eigenvalue weighted by molar-refractivity contribution is 9.10. The van der Waals surface area contributed by atoms with Crippen LogP contribution in [0.2, 0.25) is 10.0 Å². The summed E-state index contributed by atoms with van der Waals surface area (Å²) in [4.78, 5) is 28.0. The fourth-order valence-corrected chi connectivity index (χ4v) is 5.14. The van der Waals surface area contributed by atoms with Gasteiger partial charge in [0.2, 0.25) is 21.8 Å². The first kappa shape index (κ1) is 29.4. The maximum atomic E-state index is 13.7. The highest BCUT2D eigenvalue weighted by atomic mass is 79.9. The van der Waals surface area contributed by atoms with Crippen LogP contribution >= 0.6 is 39.1 Å². The average Bonchev–Trinajstić information content (AvgIpc) is 2.78. The molecule has 11 heteroatoms. The molecule has 0 aliphatic carbocycles. The van der Waals surface area contributed by atoms with E-state index in [1.807, 2.05) is 13.8 Å². The summed E-state index contributed by atoms with van der Waals surface area (Å²) in [6, 6.07) is 9.17. The van der Waals surface area contributed by atoms with Crippen molar-refractivity contribution in [2.75, 3.05) is 23.7 Å². The standard InChI is InChI=1S/C24H30BrCl2N3O4S/c1-5-12-28-24(32)22(6-2)29(14-18-20(26)8-7-9-21(18)27)23(31)15-30(35(4,33)34)17-10-11-19(25)16(3)13-17/h7-11,13,22H,5-6,12,14-15H2,1-4H3,(H,28,32)/t22-/m1/s1. The van der Waals surface area contributed by atoms with Gasteiger partial charge >= 0.3 is 0 Å². The maximum absolute atomic E-state index is 13.7. The SMILES string of the molecule is CCCNC(=O)[C@@H](CC)N(Cc1c(Cl)cccc1Cl)C(=O)CN(c1ccc(Br)c(C)c1)S(C)(=O)=O. The summed E-state index contributed by atoms with van der Waals surface area (Å²) in [5.74, 6) is -0.873. The second-order valence-electron chi connectivity index (χ2n) is 8.14. The summed E-state index contributed by atoms with van der Waals surface area (Å²) in [7, 11) is -3.81. The van der Waals surface area contributed by atoms with Crippen molar-refractivity contribution in [2.45, 2.75) is 46.2 Å². The van der Waals surface area contributed by atoms with Crippen LogP contribution in [-0.2, 0) is 26.2 Å². The largest absolute Gasteiger partial charge is 0.354 e. The first-order valence-corrected chi connectivity index (χ1v) is 14.5. The van der Waals surface area contributed by atoms with E-state index in [-0.39, 0.29) is 12.5 Å². The van der Waals surface area contributed by atoms with Crippen molar-refractivity contribution in [3.05, 3.63) is 62.0 Å². The zero-order chi connectivity index (χ0) is 26.3. The Hall–Kier alpha value is -1.81. The number of rotatable bonds is 11. The van der Waals surface area contributed by atoms with E-state index in [0.717, 1.165) is 27.0 Å². The number of carbonyl (C=O) groups excluding carboxylic acids is 2. The molecule has 2 aromatic carbocycles.